The van der Waals surface area contributed by atoms with E-state index in [-0.39, 0.29) is 32.7 Å². The molecule has 1 saturated carbocycles. The molecule has 2 N–H and O–H groups in total. The maximum absolute atomic E-state index is 14.1. The second-order valence-corrected chi connectivity index (χ2v) is 21.8. The van der Waals surface area contributed by atoms with Crippen LogP contribution in [0.25, 0.3) is 0 Å². The lowest BCUT2D eigenvalue weighted by Gasteiger charge is -2.52. The number of aliphatic hydroxyl groups is 1. The molecule has 2 aromatic carbocycles. The van der Waals surface area contributed by atoms with Crippen LogP contribution in [0.3, 0.4) is 0 Å². The molecule has 0 saturated heterocycles. The molecule has 11 nitrogen and oxygen atoms in total. The number of hydrogen-bond acceptors (Lipinski definition) is 10. The van der Waals surface area contributed by atoms with Gasteiger partial charge in [-0.05, 0) is 30.9 Å². The number of phosphoric acid groups is 1. The summed E-state index contributed by atoms with van der Waals surface area (Å²) in [7, 11) is -5.07. The quantitative estimate of drug-likeness (QED) is 0.0283. The molecule has 0 aliphatic heterocycles. The van der Waals surface area contributed by atoms with Gasteiger partial charge in [0.05, 0.1) is 32.0 Å². The standard InChI is InChI=1S/C60H97O11P/c1-6-10-12-14-16-18-20-22-24-26-28-30-38-44-55(61)66-48-52(70-56(62)45-39-31-29-27-25-23-21-19-17-15-13-11-7-2)49-69-72(64,65)71-59-57(67-46-50-40-34-32-35-41-50)53(8-3)54(9-4)58(60(59,5)63)68-47-51-42-36-33-37-43-51/h8-9,32-37,40-43,52-54,57-59,63H,3-4,6-7,10-31,38-39,44-49H2,1-2,5H3,(H,64,65)/t52-,53?,54?,57?,58?,59?,60?/m0/s1. The monoisotopic (exact) mass is 1020 g/mol. The Morgan fingerprint density at radius 1 is 0.583 bits per heavy atom. The second kappa shape index (κ2) is 38.4. The van der Waals surface area contributed by atoms with Crippen molar-refractivity contribution in [2.24, 2.45) is 11.8 Å². The van der Waals surface area contributed by atoms with Crippen molar-refractivity contribution >= 4 is 19.8 Å². The third-order valence-electron chi connectivity index (χ3n) is 14.1. The number of carbonyl (C=O) groups is 2. The average molecular weight is 1030 g/mol. The Hall–Kier alpha value is -3.15. The van der Waals surface area contributed by atoms with E-state index in [9.17, 15) is 24.2 Å². The van der Waals surface area contributed by atoms with Gasteiger partial charge in [0, 0.05) is 24.7 Å². The van der Waals surface area contributed by atoms with Crippen molar-refractivity contribution in [3.8, 4) is 0 Å². The van der Waals surface area contributed by atoms with Gasteiger partial charge >= 0.3 is 19.8 Å². The molecule has 0 aromatic heterocycles. The van der Waals surface area contributed by atoms with Crippen LogP contribution < -0.4 is 0 Å². The maximum Gasteiger partial charge on any atom is 0.472 e. The molecule has 72 heavy (non-hydrogen) atoms. The van der Waals surface area contributed by atoms with E-state index in [1.165, 1.54) is 122 Å². The van der Waals surface area contributed by atoms with Gasteiger partial charge in [0.15, 0.2) is 6.10 Å². The molecule has 8 atom stereocenters. The molecule has 0 radical (unpaired) electrons. The summed E-state index contributed by atoms with van der Waals surface area (Å²) in [6.07, 6.45) is 29.7. The average Bonchev–Trinajstić information content (AvgIpc) is 3.37. The first-order valence-corrected chi connectivity index (χ1v) is 29.7. The van der Waals surface area contributed by atoms with Crippen LogP contribution in [-0.4, -0.2) is 65.2 Å². The lowest BCUT2D eigenvalue weighted by Crippen LogP contribution is -2.66. The summed E-state index contributed by atoms with van der Waals surface area (Å²) in [5.74, 6) is -2.07. The molecule has 0 amide bonds. The van der Waals surface area contributed by atoms with E-state index in [1.807, 2.05) is 60.7 Å². The number of rotatable bonds is 44. The molecule has 7 unspecified atom stereocenters. The van der Waals surface area contributed by atoms with Gasteiger partial charge in [0.2, 0.25) is 0 Å². The molecule has 0 heterocycles. The Kier molecular flexibility index (Phi) is 33.7. The summed E-state index contributed by atoms with van der Waals surface area (Å²) in [6.45, 7) is 13.4. The molecule has 408 valence electrons. The van der Waals surface area contributed by atoms with Crippen LogP contribution in [-0.2, 0) is 55.4 Å². The van der Waals surface area contributed by atoms with Crippen molar-refractivity contribution < 1.29 is 52.1 Å². The largest absolute Gasteiger partial charge is 0.472 e. The van der Waals surface area contributed by atoms with Gasteiger partial charge in [0.1, 0.15) is 18.3 Å². The van der Waals surface area contributed by atoms with E-state index in [4.69, 9.17) is 28.0 Å². The number of esters is 2. The van der Waals surface area contributed by atoms with Crippen molar-refractivity contribution in [1.82, 2.24) is 0 Å². The molecule has 1 aliphatic carbocycles. The SMILES string of the molecule is C=CC1C(C=C)C(OCc2ccccc2)C(C)(O)C(OP(=O)(O)OC[C@H](COC(=O)CCCCCCCCCCCCCCC)OC(=O)CCCCCCCCCCCCCCC)C1OCc1ccccc1. The van der Waals surface area contributed by atoms with Crippen LogP contribution in [0.5, 0.6) is 0 Å². The fraction of sp³-hybridized carbons (Fsp3) is 0.700. The summed E-state index contributed by atoms with van der Waals surface area (Å²) in [6, 6.07) is 18.9. The molecule has 1 aliphatic rings. The predicted molar refractivity (Wildman–Crippen MR) is 290 cm³/mol. The fourth-order valence-electron chi connectivity index (χ4n) is 9.80. The minimum Gasteiger partial charge on any atom is -0.462 e. The van der Waals surface area contributed by atoms with Gasteiger partial charge in [-0.25, -0.2) is 4.57 Å². The summed E-state index contributed by atoms with van der Waals surface area (Å²) in [5, 5.41) is 12.4. The molecule has 3 rings (SSSR count). The van der Waals surface area contributed by atoms with Crippen LogP contribution in [0.2, 0.25) is 0 Å². The lowest BCUT2D eigenvalue weighted by atomic mass is 9.66. The Bertz CT molecular complexity index is 1760. The third-order valence-corrected chi connectivity index (χ3v) is 15.1. The number of phosphoric ester groups is 1. The molecule has 0 bridgehead atoms. The van der Waals surface area contributed by atoms with Gasteiger partial charge in [-0.3, -0.25) is 18.6 Å². The molecular formula is C60H97O11P. The summed E-state index contributed by atoms with van der Waals surface area (Å²) < 4.78 is 49.9. The van der Waals surface area contributed by atoms with Crippen LogP contribution in [0.4, 0.5) is 0 Å². The van der Waals surface area contributed by atoms with Gasteiger partial charge in [-0.2, -0.15) is 0 Å². The maximum atomic E-state index is 14.1. The van der Waals surface area contributed by atoms with Gasteiger partial charge < -0.3 is 28.9 Å². The van der Waals surface area contributed by atoms with E-state index >= 15 is 0 Å². The van der Waals surface area contributed by atoms with Crippen LogP contribution in [0.1, 0.15) is 212 Å². The van der Waals surface area contributed by atoms with Crippen LogP contribution >= 0.6 is 7.82 Å². The lowest BCUT2D eigenvalue weighted by molar-refractivity contribution is -0.242. The Balaban J connectivity index is 1.63. The first-order chi connectivity index (χ1) is 34.9. The zero-order valence-corrected chi connectivity index (χ0v) is 45.8. The normalized spacial score (nSPS) is 21.2. The molecule has 0 spiro atoms. The van der Waals surface area contributed by atoms with Crippen molar-refractivity contribution in [2.75, 3.05) is 13.2 Å². The Morgan fingerprint density at radius 3 is 1.42 bits per heavy atom. The van der Waals surface area contributed by atoms with Gasteiger partial charge in [0.25, 0.3) is 0 Å². The molecular weight excluding hydrogens is 928 g/mol. The van der Waals surface area contributed by atoms with Crippen molar-refractivity contribution in [3.05, 3.63) is 97.1 Å². The van der Waals surface area contributed by atoms with Crippen molar-refractivity contribution in [1.29, 1.82) is 0 Å². The second-order valence-electron chi connectivity index (χ2n) is 20.4. The van der Waals surface area contributed by atoms with E-state index in [0.717, 1.165) is 49.7 Å². The third kappa shape index (κ3) is 26.4. The van der Waals surface area contributed by atoms with Crippen LogP contribution in [0.15, 0.2) is 86.0 Å². The number of unbranched alkanes of at least 4 members (excludes halogenated alkanes) is 24. The van der Waals surface area contributed by atoms with E-state index < -0.39 is 68.2 Å². The summed E-state index contributed by atoms with van der Waals surface area (Å²) in [4.78, 5) is 37.7. The number of carbonyl (C=O) groups excluding carboxylic acids is 2. The van der Waals surface area contributed by atoms with Gasteiger partial charge in [-0.1, -0.05) is 241 Å². The Labute approximate surface area is 436 Å². The smallest absolute Gasteiger partial charge is 0.462 e. The highest BCUT2D eigenvalue weighted by Gasteiger charge is 2.59. The number of hydrogen-bond donors (Lipinski definition) is 2. The Morgan fingerprint density at radius 2 is 0.986 bits per heavy atom. The van der Waals surface area contributed by atoms with Gasteiger partial charge in [-0.15, -0.1) is 13.2 Å². The zero-order chi connectivity index (χ0) is 52.1. The topological polar surface area (TPSA) is 147 Å². The number of ether oxygens (including phenoxy) is 4. The highest BCUT2D eigenvalue weighted by Crippen LogP contribution is 2.52. The predicted octanol–water partition coefficient (Wildman–Crippen LogP) is 15.4. The first kappa shape index (κ1) is 63.1. The minimum atomic E-state index is -5.07. The number of benzene rings is 2. The highest BCUT2D eigenvalue weighted by molar-refractivity contribution is 7.47. The zero-order valence-electron chi connectivity index (χ0n) is 44.9. The summed E-state index contributed by atoms with van der Waals surface area (Å²) in [5.41, 5.74) is -0.229. The highest BCUT2D eigenvalue weighted by atomic mass is 31.2. The van der Waals surface area contributed by atoms with E-state index in [1.54, 1.807) is 12.2 Å². The van der Waals surface area contributed by atoms with Crippen LogP contribution in [0, 0.1) is 11.8 Å². The molecule has 1 fully saturated rings. The molecule has 12 heteroatoms. The summed E-state index contributed by atoms with van der Waals surface area (Å²) >= 11 is 0. The van der Waals surface area contributed by atoms with E-state index in [0.29, 0.717) is 12.8 Å². The minimum absolute atomic E-state index is 0.101. The first-order valence-electron chi connectivity index (χ1n) is 28.2. The van der Waals surface area contributed by atoms with Crippen molar-refractivity contribution in [3.63, 3.8) is 0 Å². The van der Waals surface area contributed by atoms with Crippen molar-refractivity contribution in [2.45, 2.75) is 244 Å². The van der Waals surface area contributed by atoms with E-state index in [2.05, 4.69) is 27.0 Å². The fourth-order valence-corrected chi connectivity index (χ4v) is 10.8. The molecule has 2 aromatic rings.